The Kier molecular flexibility index (Phi) is 4.75. The third-order valence-electron chi connectivity index (χ3n) is 3.24. The van der Waals surface area contributed by atoms with Crippen molar-refractivity contribution in [2.75, 3.05) is 0 Å². The zero-order valence-corrected chi connectivity index (χ0v) is 12.3. The maximum Gasteiger partial charge on any atom is 0.228 e. The molecule has 0 aromatic heterocycles. The summed E-state index contributed by atoms with van der Waals surface area (Å²) in [5.41, 5.74) is 6.15. The van der Waals surface area contributed by atoms with E-state index in [9.17, 15) is 4.79 Å². The summed E-state index contributed by atoms with van der Waals surface area (Å²) in [4.78, 5) is 11.6. The van der Waals surface area contributed by atoms with Gasteiger partial charge in [0.15, 0.2) is 0 Å². The van der Waals surface area contributed by atoms with Gasteiger partial charge < -0.3 is 5.73 Å². The van der Waals surface area contributed by atoms with Crippen molar-refractivity contribution in [3.63, 3.8) is 0 Å². The van der Waals surface area contributed by atoms with E-state index in [0.29, 0.717) is 5.92 Å². The van der Waals surface area contributed by atoms with Crippen LogP contribution >= 0.6 is 15.9 Å². The quantitative estimate of drug-likeness (QED) is 0.890. The smallest absolute Gasteiger partial charge is 0.228 e. The highest BCUT2D eigenvalue weighted by atomic mass is 79.9. The SMILES string of the molecule is CC.CC1CC(C(N)=O)(c2cccc(Br)c2)C1. The molecule has 1 amide bonds. The molecule has 3 heteroatoms. The zero-order chi connectivity index (χ0) is 13.1. The van der Waals surface area contributed by atoms with Gasteiger partial charge in [0, 0.05) is 4.47 Å². The second kappa shape index (κ2) is 5.67. The Labute approximate surface area is 112 Å². The van der Waals surface area contributed by atoms with E-state index in [2.05, 4.69) is 22.9 Å². The average molecular weight is 298 g/mol. The number of nitrogens with two attached hydrogens (primary N) is 1. The number of hydrogen-bond donors (Lipinski definition) is 1. The van der Waals surface area contributed by atoms with Crippen LogP contribution in [0.5, 0.6) is 0 Å². The molecule has 0 atom stereocenters. The third-order valence-corrected chi connectivity index (χ3v) is 3.74. The van der Waals surface area contributed by atoms with Gasteiger partial charge in [0.05, 0.1) is 5.41 Å². The molecule has 1 aromatic carbocycles. The van der Waals surface area contributed by atoms with Gasteiger partial charge in [0.1, 0.15) is 0 Å². The van der Waals surface area contributed by atoms with E-state index in [1.807, 2.05) is 38.1 Å². The molecule has 0 heterocycles. The summed E-state index contributed by atoms with van der Waals surface area (Å²) < 4.78 is 1.00. The molecule has 17 heavy (non-hydrogen) atoms. The van der Waals surface area contributed by atoms with Crippen LogP contribution in [0.15, 0.2) is 28.7 Å². The standard InChI is InChI=1S/C12H14BrNO.C2H6/c1-8-6-12(7-8,11(14)15)9-3-2-4-10(13)5-9;1-2/h2-5,8H,6-7H2,1H3,(H2,14,15);1-2H3. The summed E-state index contributed by atoms with van der Waals surface area (Å²) in [6.07, 6.45) is 1.75. The van der Waals surface area contributed by atoms with E-state index in [-0.39, 0.29) is 5.91 Å². The van der Waals surface area contributed by atoms with Crippen molar-refractivity contribution in [2.45, 2.75) is 39.0 Å². The highest BCUT2D eigenvalue weighted by Crippen LogP contribution is 2.47. The molecule has 1 aliphatic carbocycles. The van der Waals surface area contributed by atoms with Gasteiger partial charge in [0.2, 0.25) is 5.91 Å². The summed E-state index contributed by atoms with van der Waals surface area (Å²) in [5, 5.41) is 0. The van der Waals surface area contributed by atoms with Gasteiger partial charge in [-0.3, -0.25) is 4.79 Å². The van der Waals surface area contributed by atoms with Gasteiger partial charge in [-0.05, 0) is 36.5 Å². The molecule has 1 aliphatic rings. The molecule has 1 aromatic rings. The Morgan fingerprint density at radius 1 is 1.41 bits per heavy atom. The van der Waals surface area contributed by atoms with Gasteiger partial charge in [-0.2, -0.15) is 0 Å². The van der Waals surface area contributed by atoms with E-state index in [1.54, 1.807) is 0 Å². The second-order valence-electron chi connectivity index (χ2n) is 4.47. The van der Waals surface area contributed by atoms with E-state index >= 15 is 0 Å². The number of carbonyl (C=O) groups excluding carboxylic acids is 1. The van der Waals surface area contributed by atoms with Crippen LogP contribution in [0.1, 0.15) is 39.2 Å². The predicted molar refractivity (Wildman–Crippen MR) is 74.8 cm³/mol. The lowest BCUT2D eigenvalue weighted by atomic mass is 9.59. The van der Waals surface area contributed by atoms with Crippen LogP contribution in [-0.4, -0.2) is 5.91 Å². The van der Waals surface area contributed by atoms with Crippen molar-refractivity contribution in [1.29, 1.82) is 0 Å². The van der Waals surface area contributed by atoms with Crippen LogP contribution in [0.4, 0.5) is 0 Å². The van der Waals surface area contributed by atoms with E-state index < -0.39 is 5.41 Å². The molecule has 94 valence electrons. The lowest BCUT2D eigenvalue weighted by molar-refractivity contribution is -0.128. The Balaban J connectivity index is 0.000000686. The molecule has 0 radical (unpaired) electrons. The molecule has 0 unspecified atom stereocenters. The minimum absolute atomic E-state index is 0.196. The number of benzene rings is 1. The zero-order valence-electron chi connectivity index (χ0n) is 10.7. The lowest BCUT2D eigenvalue weighted by Crippen LogP contribution is -2.50. The molecule has 1 saturated carbocycles. The van der Waals surface area contributed by atoms with Crippen molar-refractivity contribution in [1.82, 2.24) is 0 Å². The Morgan fingerprint density at radius 2 is 2.00 bits per heavy atom. The first-order valence-corrected chi connectivity index (χ1v) is 6.90. The number of hydrogen-bond acceptors (Lipinski definition) is 1. The monoisotopic (exact) mass is 297 g/mol. The molecule has 2 nitrogen and oxygen atoms in total. The maximum absolute atomic E-state index is 11.6. The molecular weight excluding hydrogens is 278 g/mol. The van der Waals surface area contributed by atoms with Gasteiger partial charge in [-0.25, -0.2) is 0 Å². The third kappa shape index (κ3) is 2.71. The fourth-order valence-corrected chi connectivity index (χ4v) is 2.89. The molecule has 1 fully saturated rings. The first-order valence-electron chi connectivity index (χ1n) is 6.10. The molecule has 0 saturated heterocycles. The van der Waals surface area contributed by atoms with Crippen molar-refractivity contribution in [2.24, 2.45) is 11.7 Å². The predicted octanol–water partition coefficient (Wildman–Crippen LogP) is 3.63. The minimum Gasteiger partial charge on any atom is -0.369 e. The van der Waals surface area contributed by atoms with Crippen molar-refractivity contribution >= 4 is 21.8 Å². The van der Waals surface area contributed by atoms with Crippen LogP contribution in [0, 0.1) is 5.92 Å². The summed E-state index contributed by atoms with van der Waals surface area (Å²) in [5.74, 6) is 0.398. The van der Waals surface area contributed by atoms with E-state index in [0.717, 1.165) is 22.9 Å². The van der Waals surface area contributed by atoms with Gasteiger partial charge in [-0.15, -0.1) is 0 Å². The minimum atomic E-state index is -0.413. The van der Waals surface area contributed by atoms with Crippen LogP contribution in [0.2, 0.25) is 0 Å². The topological polar surface area (TPSA) is 43.1 Å². The van der Waals surface area contributed by atoms with Crippen LogP contribution in [-0.2, 0) is 10.2 Å². The van der Waals surface area contributed by atoms with E-state index in [4.69, 9.17) is 5.73 Å². The highest BCUT2D eigenvalue weighted by Gasteiger charge is 2.48. The summed E-state index contributed by atoms with van der Waals surface area (Å²) >= 11 is 3.42. The first kappa shape index (κ1) is 14.2. The molecular formula is C14H20BrNO. The Morgan fingerprint density at radius 3 is 2.41 bits per heavy atom. The first-order chi connectivity index (χ1) is 8.04. The van der Waals surface area contributed by atoms with Gasteiger partial charge >= 0.3 is 0 Å². The van der Waals surface area contributed by atoms with Crippen molar-refractivity contribution in [3.05, 3.63) is 34.3 Å². The largest absolute Gasteiger partial charge is 0.369 e. The normalized spacial score (nSPS) is 26.5. The van der Waals surface area contributed by atoms with Gasteiger partial charge in [0.25, 0.3) is 0 Å². The number of halogens is 1. The summed E-state index contributed by atoms with van der Waals surface area (Å²) in [6, 6.07) is 7.89. The molecule has 2 rings (SSSR count). The van der Waals surface area contributed by atoms with Crippen molar-refractivity contribution < 1.29 is 4.79 Å². The second-order valence-corrected chi connectivity index (χ2v) is 5.39. The number of primary amides is 1. The molecule has 2 N–H and O–H groups in total. The number of amides is 1. The van der Waals surface area contributed by atoms with Crippen molar-refractivity contribution in [3.8, 4) is 0 Å². The lowest BCUT2D eigenvalue weighted by Gasteiger charge is -2.44. The summed E-state index contributed by atoms with van der Waals surface area (Å²) in [7, 11) is 0. The van der Waals surface area contributed by atoms with Crippen LogP contribution in [0.25, 0.3) is 0 Å². The van der Waals surface area contributed by atoms with E-state index in [1.165, 1.54) is 0 Å². The number of rotatable bonds is 2. The Bertz CT molecular complexity index is 397. The average Bonchev–Trinajstić information content (AvgIpc) is 2.27. The van der Waals surface area contributed by atoms with Crippen LogP contribution < -0.4 is 5.73 Å². The highest BCUT2D eigenvalue weighted by molar-refractivity contribution is 9.10. The fourth-order valence-electron chi connectivity index (χ4n) is 2.50. The molecule has 0 bridgehead atoms. The molecule has 0 spiro atoms. The maximum atomic E-state index is 11.6. The Hall–Kier alpha value is -0.830. The van der Waals surface area contributed by atoms with Gasteiger partial charge in [-0.1, -0.05) is 48.8 Å². The number of carbonyl (C=O) groups is 1. The molecule has 0 aliphatic heterocycles. The fraction of sp³-hybridized carbons (Fsp3) is 0.500. The van der Waals surface area contributed by atoms with Crippen LogP contribution in [0.3, 0.4) is 0 Å². The summed E-state index contributed by atoms with van der Waals surface area (Å²) in [6.45, 7) is 6.15.